The molecule has 4 rings (SSSR count). The van der Waals surface area contributed by atoms with Gasteiger partial charge in [0.2, 0.25) is 5.89 Å². The van der Waals surface area contributed by atoms with Crippen LogP contribution in [0.2, 0.25) is 0 Å². The summed E-state index contributed by atoms with van der Waals surface area (Å²) >= 11 is 0. The van der Waals surface area contributed by atoms with Crippen LogP contribution in [-0.2, 0) is 5.41 Å². The Balaban J connectivity index is 1.44. The summed E-state index contributed by atoms with van der Waals surface area (Å²) in [7, 11) is 0. The first-order chi connectivity index (χ1) is 12.4. The third-order valence-electron chi connectivity index (χ3n) is 5.20. The van der Waals surface area contributed by atoms with Gasteiger partial charge in [-0.3, -0.25) is 0 Å². The van der Waals surface area contributed by atoms with Crippen LogP contribution < -0.4 is 5.32 Å². The number of aromatic nitrogens is 2. The Labute approximate surface area is 154 Å². The van der Waals surface area contributed by atoms with E-state index in [4.69, 9.17) is 4.52 Å². The Kier molecular flexibility index (Phi) is 4.21. The van der Waals surface area contributed by atoms with Crippen molar-refractivity contribution in [3.05, 3.63) is 41.5 Å². The van der Waals surface area contributed by atoms with E-state index in [9.17, 15) is 4.79 Å². The van der Waals surface area contributed by atoms with E-state index < -0.39 is 0 Å². The molecule has 2 fully saturated rings. The van der Waals surface area contributed by atoms with Gasteiger partial charge in [-0.2, -0.15) is 4.98 Å². The van der Waals surface area contributed by atoms with E-state index in [0.29, 0.717) is 18.4 Å². The van der Waals surface area contributed by atoms with Crippen molar-refractivity contribution in [2.45, 2.75) is 63.8 Å². The average Bonchev–Trinajstić information content (AvgIpc) is 3.13. The molecular weight excluding hydrogens is 328 g/mol. The summed E-state index contributed by atoms with van der Waals surface area (Å²) in [5, 5.41) is 7.09. The molecule has 26 heavy (non-hydrogen) atoms. The molecule has 138 valence electrons. The fourth-order valence-electron chi connectivity index (χ4n) is 3.41. The highest BCUT2D eigenvalue weighted by atomic mass is 16.5. The molecule has 2 aromatic rings. The van der Waals surface area contributed by atoms with E-state index in [1.165, 1.54) is 5.56 Å². The molecule has 1 atom stereocenters. The Hall–Kier alpha value is -2.37. The third kappa shape index (κ3) is 3.45. The standard InChI is InChI=1S/C20H26N4O2/c1-20(2,3)14-8-10-15(11-9-14)21-19(25)24-12-4-5-16(24)18-22-17(23-26-18)13-6-7-13/h8-11,13,16H,4-7,12H2,1-3H3,(H,21,25). The second-order valence-corrected chi connectivity index (χ2v) is 8.37. The summed E-state index contributed by atoms with van der Waals surface area (Å²) in [6, 6.07) is 7.82. The lowest BCUT2D eigenvalue weighted by Gasteiger charge is -2.23. The van der Waals surface area contributed by atoms with Crippen LogP contribution in [0.5, 0.6) is 0 Å². The molecule has 1 saturated heterocycles. The first-order valence-electron chi connectivity index (χ1n) is 9.43. The maximum absolute atomic E-state index is 12.8. The molecule has 2 amide bonds. The number of rotatable bonds is 3. The van der Waals surface area contributed by atoms with Crippen LogP contribution >= 0.6 is 0 Å². The zero-order chi connectivity index (χ0) is 18.3. The first-order valence-corrected chi connectivity index (χ1v) is 9.43. The number of hydrogen-bond donors (Lipinski definition) is 1. The second kappa shape index (κ2) is 6.41. The minimum absolute atomic E-state index is 0.0970. The van der Waals surface area contributed by atoms with Gasteiger partial charge in [-0.05, 0) is 48.8 Å². The predicted octanol–water partition coefficient (Wildman–Crippen LogP) is 4.61. The molecule has 1 aromatic heterocycles. The van der Waals surface area contributed by atoms with E-state index in [1.807, 2.05) is 17.0 Å². The van der Waals surface area contributed by atoms with Crippen LogP contribution in [0.15, 0.2) is 28.8 Å². The molecule has 1 aliphatic heterocycles. The number of benzene rings is 1. The molecular formula is C20H26N4O2. The van der Waals surface area contributed by atoms with Crippen molar-refractivity contribution in [3.8, 4) is 0 Å². The van der Waals surface area contributed by atoms with Crippen LogP contribution in [0.1, 0.15) is 75.7 Å². The summed E-state index contributed by atoms with van der Waals surface area (Å²) in [6.07, 6.45) is 4.08. The van der Waals surface area contributed by atoms with Crippen LogP contribution in [0.4, 0.5) is 10.5 Å². The molecule has 6 heteroatoms. The van der Waals surface area contributed by atoms with Crippen molar-refractivity contribution < 1.29 is 9.32 Å². The number of nitrogens with one attached hydrogen (secondary N) is 1. The molecule has 1 unspecified atom stereocenters. The van der Waals surface area contributed by atoms with Gasteiger partial charge in [-0.25, -0.2) is 4.79 Å². The van der Waals surface area contributed by atoms with Gasteiger partial charge in [0.25, 0.3) is 0 Å². The number of carbonyl (C=O) groups is 1. The van der Waals surface area contributed by atoms with E-state index in [1.54, 1.807) is 0 Å². The average molecular weight is 354 g/mol. The molecule has 1 saturated carbocycles. The fraction of sp³-hybridized carbons (Fsp3) is 0.550. The predicted molar refractivity (Wildman–Crippen MR) is 99.1 cm³/mol. The van der Waals surface area contributed by atoms with Gasteiger partial charge in [0.05, 0.1) is 0 Å². The zero-order valence-electron chi connectivity index (χ0n) is 15.7. The van der Waals surface area contributed by atoms with Crippen molar-refractivity contribution in [2.24, 2.45) is 0 Å². The van der Waals surface area contributed by atoms with E-state index in [2.05, 4.69) is 48.4 Å². The summed E-state index contributed by atoms with van der Waals surface area (Å²) in [5.74, 6) is 1.82. The van der Waals surface area contributed by atoms with E-state index in [-0.39, 0.29) is 17.5 Å². The molecule has 6 nitrogen and oxygen atoms in total. The number of likely N-dealkylation sites (tertiary alicyclic amines) is 1. The molecule has 0 radical (unpaired) electrons. The smallest absolute Gasteiger partial charge is 0.322 e. The number of hydrogen-bond acceptors (Lipinski definition) is 4. The summed E-state index contributed by atoms with van der Waals surface area (Å²) in [4.78, 5) is 19.1. The molecule has 1 N–H and O–H groups in total. The Morgan fingerprint density at radius 1 is 1.19 bits per heavy atom. The summed E-state index contributed by atoms with van der Waals surface area (Å²) < 4.78 is 5.45. The molecule has 2 aliphatic rings. The first kappa shape index (κ1) is 17.1. The Morgan fingerprint density at radius 2 is 1.92 bits per heavy atom. The van der Waals surface area contributed by atoms with Gasteiger partial charge >= 0.3 is 6.03 Å². The largest absolute Gasteiger partial charge is 0.337 e. The molecule has 0 bridgehead atoms. The molecule has 1 aromatic carbocycles. The topological polar surface area (TPSA) is 71.3 Å². The fourth-order valence-corrected chi connectivity index (χ4v) is 3.41. The van der Waals surface area contributed by atoms with Crippen molar-refractivity contribution in [1.82, 2.24) is 15.0 Å². The third-order valence-corrected chi connectivity index (χ3v) is 5.20. The number of carbonyl (C=O) groups excluding carboxylic acids is 1. The lowest BCUT2D eigenvalue weighted by molar-refractivity contribution is 0.193. The van der Waals surface area contributed by atoms with Gasteiger partial charge in [-0.1, -0.05) is 38.1 Å². The van der Waals surface area contributed by atoms with Crippen LogP contribution in [0.25, 0.3) is 0 Å². The monoisotopic (exact) mass is 354 g/mol. The minimum atomic E-state index is -0.121. The number of anilines is 1. The number of urea groups is 1. The summed E-state index contributed by atoms with van der Waals surface area (Å²) in [6.45, 7) is 7.23. The van der Waals surface area contributed by atoms with Gasteiger partial charge in [0, 0.05) is 18.2 Å². The number of amides is 2. The Morgan fingerprint density at radius 3 is 2.58 bits per heavy atom. The molecule has 1 aliphatic carbocycles. The van der Waals surface area contributed by atoms with Gasteiger partial charge in [-0.15, -0.1) is 0 Å². The second-order valence-electron chi connectivity index (χ2n) is 8.37. The molecule has 0 spiro atoms. The van der Waals surface area contributed by atoms with Crippen molar-refractivity contribution in [1.29, 1.82) is 0 Å². The van der Waals surface area contributed by atoms with Gasteiger partial charge < -0.3 is 14.7 Å². The van der Waals surface area contributed by atoms with E-state index >= 15 is 0 Å². The minimum Gasteiger partial charge on any atom is -0.337 e. The quantitative estimate of drug-likeness (QED) is 0.873. The highest BCUT2D eigenvalue weighted by molar-refractivity contribution is 5.89. The zero-order valence-corrected chi connectivity index (χ0v) is 15.7. The lowest BCUT2D eigenvalue weighted by atomic mass is 9.87. The van der Waals surface area contributed by atoms with Crippen LogP contribution in [-0.4, -0.2) is 27.6 Å². The van der Waals surface area contributed by atoms with Gasteiger partial charge in [0.15, 0.2) is 5.82 Å². The van der Waals surface area contributed by atoms with Crippen LogP contribution in [0.3, 0.4) is 0 Å². The van der Waals surface area contributed by atoms with E-state index in [0.717, 1.165) is 37.2 Å². The van der Waals surface area contributed by atoms with Crippen LogP contribution in [0, 0.1) is 0 Å². The maximum atomic E-state index is 12.8. The SMILES string of the molecule is CC(C)(C)c1ccc(NC(=O)N2CCCC2c2nc(C3CC3)no2)cc1. The van der Waals surface area contributed by atoms with Gasteiger partial charge in [0.1, 0.15) is 6.04 Å². The Bertz CT molecular complexity index is 787. The van der Waals surface area contributed by atoms with Crippen molar-refractivity contribution in [3.63, 3.8) is 0 Å². The lowest BCUT2D eigenvalue weighted by Crippen LogP contribution is -2.34. The highest BCUT2D eigenvalue weighted by Crippen LogP contribution is 2.39. The van der Waals surface area contributed by atoms with Crippen molar-refractivity contribution >= 4 is 11.7 Å². The summed E-state index contributed by atoms with van der Waals surface area (Å²) in [5.41, 5.74) is 2.14. The van der Waals surface area contributed by atoms with Crippen molar-refractivity contribution in [2.75, 3.05) is 11.9 Å². The molecule has 2 heterocycles. The highest BCUT2D eigenvalue weighted by Gasteiger charge is 2.36. The number of nitrogens with zero attached hydrogens (tertiary/aromatic N) is 3. The normalized spacial score (nSPS) is 20.4. The maximum Gasteiger partial charge on any atom is 0.322 e.